The van der Waals surface area contributed by atoms with E-state index in [1.807, 2.05) is 16.8 Å². The Hall–Kier alpha value is -2.54. The molecule has 2 rings (SSSR count). The fourth-order valence-electron chi connectivity index (χ4n) is 1.76. The Balaban J connectivity index is 2.10. The second-order valence-electron chi connectivity index (χ2n) is 4.45. The minimum Gasteiger partial charge on any atom is -0.508 e. The highest BCUT2D eigenvalue weighted by Gasteiger charge is 2.15. The fraction of sp³-hybridized carbons (Fsp3) is 0.143. The summed E-state index contributed by atoms with van der Waals surface area (Å²) in [6.45, 7) is 0.426. The number of aromatic carboxylic acids is 1. The zero-order valence-electron chi connectivity index (χ0n) is 11.2. The molecule has 0 aliphatic carbocycles. The third kappa shape index (κ3) is 3.73. The highest BCUT2D eigenvalue weighted by molar-refractivity contribution is 7.07. The Morgan fingerprint density at radius 2 is 2.10 bits per heavy atom. The molecule has 1 aromatic carbocycles. The number of nitrogens with one attached hydrogen (secondary N) is 1. The minimum atomic E-state index is -1.22. The van der Waals surface area contributed by atoms with Crippen molar-refractivity contribution in [2.45, 2.75) is 6.54 Å². The van der Waals surface area contributed by atoms with Crippen molar-refractivity contribution in [3.63, 3.8) is 0 Å². The number of hydrogen-bond acceptors (Lipinski definition) is 4. The number of carbonyl (C=O) groups excluding carboxylic acids is 1. The van der Waals surface area contributed by atoms with Gasteiger partial charge in [0.25, 0.3) is 0 Å². The molecule has 0 saturated heterocycles. The summed E-state index contributed by atoms with van der Waals surface area (Å²) >= 11 is 1.54. The van der Waals surface area contributed by atoms with Gasteiger partial charge in [-0.25, -0.2) is 9.59 Å². The van der Waals surface area contributed by atoms with Crippen molar-refractivity contribution in [3.8, 4) is 5.75 Å². The number of aromatic hydroxyl groups is 1. The van der Waals surface area contributed by atoms with Crippen LogP contribution in [0.1, 0.15) is 15.9 Å². The third-order valence-electron chi connectivity index (χ3n) is 2.82. The van der Waals surface area contributed by atoms with Gasteiger partial charge in [-0.1, -0.05) is 0 Å². The molecule has 7 heteroatoms. The summed E-state index contributed by atoms with van der Waals surface area (Å²) in [5, 5.41) is 24.8. The molecule has 0 fully saturated rings. The number of benzene rings is 1. The van der Waals surface area contributed by atoms with Crippen molar-refractivity contribution in [2.75, 3.05) is 12.4 Å². The van der Waals surface area contributed by atoms with Gasteiger partial charge in [0, 0.05) is 13.6 Å². The normalized spacial score (nSPS) is 10.1. The van der Waals surface area contributed by atoms with E-state index in [1.54, 1.807) is 18.4 Å². The molecule has 1 aromatic heterocycles. The zero-order chi connectivity index (χ0) is 15.4. The predicted molar refractivity (Wildman–Crippen MR) is 79.9 cm³/mol. The molecule has 0 saturated carbocycles. The minimum absolute atomic E-state index is 0.141. The molecule has 6 nitrogen and oxygen atoms in total. The van der Waals surface area contributed by atoms with E-state index in [2.05, 4.69) is 5.32 Å². The van der Waals surface area contributed by atoms with Crippen LogP contribution in [0.2, 0.25) is 0 Å². The summed E-state index contributed by atoms with van der Waals surface area (Å²) in [5.74, 6) is -1.39. The molecule has 0 bridgehead atoms. The largest absolute Gasteiger partial charge is 0.508 e. The van der Waals surface area contributed by atoms with Crippen molar-refractivity contribution in [1.29, 1.82) is 0 Å². The molecule has 0 radical (unpaired) electrons. The highest BCUT2D eigenvalue weighted by Crippen LogP contribution is 2.21. The van der Waals surface area contributed by atoms with Crippen LogP contribution in [0, 0.1) is 0 Å². The van der Waals surface area contributed by atoms with Crippen molar-refractivity contribution in [1.82, 2.24) is 4.90 Å². The number of phenols is 1. The molecular weight excluding hydrogens is 292 g/mol. The molecule has 3 N–H and O–H groups in total. The van der Waals surface area contributed by atoms with Gasteiger partial charge in [-0.2, -0.15) is 11.3 Å². The van der Waals surface area contributed by atoms with Gasteiger partial charge < -0.3 is 20.4 Å². The fourth-order valence-corrected chi connectivity index (χ4v) is 2.42. The number of carbonyl (C=O) groups is 2. The first-order valence-electron chi connectivity index (χ1n) is 6.07. The summed E-state index contributed by atoms with van der Waals surface area (Å²) in [6, 6.07) is 5.26. The standard InChI is InChI=1S/C14H14N2O4S/c1-16(7-9-4-5-21-8-9)14(20)15-12-3-2-10(17)6-11(12)13(18)19/h2-6,8,17H,7H2,1H3,(H,15,20)(H,18,19). The molecule has 0 atom stereocenters. The first-order chi connectivity index (χ1) is 9.97. The SMILES string of the molecule is CN(Cc1ccsc1)C(=O)Nc1ccc(O)cc1C(=O)O. The van der Waals surface area contributed by atoms with Crippen molar-refractivity contribution in [2.24, 2.45) is 0 Å². The zero-order valence-corrected chi connectivity index (χ0v) is 12.1. The van der Waals surface area contributed by atoms with E-state index in [0.717, 1.165) is 11.6 Å². The van der Waals surface area contributed by atoms with Crippen LogP contribution in [0.15, 0.2) is 35.0 Å². The maximum absolute atomic E-state index is 12.1. The molecule has 2 aromatic rings. The molecule has 1 heterocycles. The number of phenolic OH excluding ortho intramolecular Hbond substituents is 1. The lowest BCUT2D eigenvalue weighted by Crippen LogP contribution is -2.31. The van der Waals surface area contributed by atoms with Crippen molar-refractivity contribution in [3.05, 3.63) is 46.2 Å². The van der Waals surface area contributed by atoms with Gasteiger partial charge in [0.2, 0.25) is 0 Å². The van der Waals surface area contributed by atoms with Crippen LogP contribution >= 0.6 is 11.3 Å². The highest BCUT2D eigenvalue weighted by atomic mass is 32.1. The van der Waals surface area contributed by atoms with Crippen LogP contribution in [-0.2, 0) is 6.54 Å². The van der Waals surface area contributed by atoms with Crippen LogP contribution < -0.4 is 5.32 Å². The molecule has 2 amide bonds. The van der Waals surface area contributed by atoms with E-state index in [-0.39, 0.29) is 17.0 Å². The Labute approximate surface area is 125 Å². The number of nitrogens with zero attached hydrogens (tertiary/aromatic N) is 1. The Morgan fingerprint density at radius 1 is 1.33 bits per heavy atom. The first-order valence-corrected chi connectivity index (χ1v) is 7.01. The van der Waals surface area contributed by atoms with Crippen LogP contribution in [0.4, 0.5) is 10.5 Å². The molecular formula is C14H14N2O4S. The number of thiophene rings is 1. The van der Waals surface area contributed by atoms with Crippen molar-refractivity contribution < 1.29 is 19.8 Å². The summed E-state index contributed by atoms with van der Waals surface area (Å²) in [7, 11) is 1.62. The topological polar surface area (TPSA) is 89.9 Å². The lowest BCUT2D eigenvalue weighted by Gasteiger charge is -2.18. The molecule has 110 valence electrons. The first kappa shape index (κ1) is 14.9. The number of rotatable bonds is 4. The second kappa shape index (κ2) is 6.27. The van der Waals surface area contributed by atoms with Gasteiger partial charge in [0.15, 0.2) is 0 Å². The third-order valence-corrected chi connectivity index (χ3v) is 3.55. The summed E-state index contributed by atoms with van der Waals surface area (Å²) in [5.41, 5.74) is 0.983. The van der Waals surface area contributed by atoms with Gasteiger partial charge >= 0.3 is 12.0 Å². The predicted octanol–water partition coefficient (Wildman–Crippen LogP) is 2.82. The average Bonchev–Trinajstić information content (AvgIpc) is 2.93. The summed E-state index contributed by atoms with van der Waals surface area (Å²) in [6.07, 6.45) is 0. The van der Waals surface area contributed by atoms with Gasteiger partial charge in [-0.15, -0.1) is 0 Å². The maximum Gasteiger partial charge on any atom is 0.337 e. The van der Waals surface area contributed by atoms with Crippen LogP contribution in [0.25, 0.3) is 0 Å². The summed E-state index contributed by atoms with van der Waals surface area (Å²) < 4.78 is 0. The Morgan fingerprint density at radius 3 is 2.71 bits per heavy atom. The lowest BCUT2D eigenvalue weighted by atomic mass is 10.1. The number of carboxylic acids is 1. The van der Waals surface area contributed by atoms with Gasteiger partial charge in [-0.3, -0.25) is 0 Å². The quantitative estimate of drug-likeness (QED) is 0.758. The van der Waals surface area contributed by atoms with E-state index in [4.69, 9.17) is 5.11 Å². The monoisotopic (exact) mass is 306 g/mol. The number of amides is 2. The van der Waals surface area contributed by atoms with E-state index in [0.29, 0.717) is 6.54 Å². The molecule has 0 aliphatic heterocycles. The van der Waals surface area contributed by atoms with E-state index in [1.165, 1.54) is 17.0 Å². The molecule has 0 unspecified atom stereocenters. The molecule has 0 aliphatic rings. The number of urea groups is 1. The van der Waals surface area contributed by atoms with E-state index < -0.39 is 12.0 Å². The van der Waals surface area contributed by atoms with Crippen molar-refractivity contribution >= 4 is 29.0 Å². The lowest BCUT2D eigenvalue weighted by molar-refractivity contribution is 0.0697. The van der Waals surface area contributed by atoms with Gasteiger partial charge in [-0.05, 0) is 40.6 Å². The Kier molecular flexibility index (Phi) is 4.44. The van der Waals surface area contributed by atoms with Gasteiger partial charge in [0.1, 0.15) is 5.75 Å². The summed E-state index contributed by atoms with van der Waals surface area (Å²) in [4.78, 5) is 24.6. The smallest absolute Gasteiger partial charge is 0.337 e. The van der Waals surface area contributed by atoms with Gasteiger partial charge in [0.05, 0.1) is 11.3 Å². The van der Waals surface area contributed by atoms with Crippen LogP contribution in [0.5, 0.6) is 5.75 Å². The van der Waals surface area contributed by atoms with E-state index in [9.17, 15) is 14.7 Å². The maximum atomic E-state index is 12.1. The number of anilines is 1. The van der Waals surface area contributed by atoms with Crippen LogP contribution in [0.3, 0.4) is 0 Å². The second-order valence-corrected chi connectivity index (χ2v) is 5.23. The average molecular weight is 306 g/mol. The molecule has 0 spiro atoms. The molecule has 21 heavy (non-hydrogen) atoms. The van der Waals surface area contributed by atoms with E-state index >= 15 is 0 Å². The Bertz CT molecular complexity index is 655. The number of hydrogen-bond donors (Lipinski definition) is 3. The number of carboxylic acid groups (broad SMARTS) is 1. The van der Waals surface area contributed by atoms with Crippen LogP contribution in [-0.4, -0.2) is 34.2 Å².